The van der Waals surface area contributed by atoms with E-state index in [1.807, 2.05) is 12.1 Å². The lowest BCUT2D eigenvalue weighted by atomic mass is 10.2. The second kappa shape index (κ2) is 10.6. The van der Waals surface area contributed by atoms with Gasteiger partial charge in [-0.15, -0.1) is 0 Å². The Kier molecular flexibility index (Phi) is 8.57. The lowest BCUT2D eigenvalue weighted by Gasteiger charge is -2.04. The van der Waals surface area contributed by atoms with E-state index in [4.69, 9.17) is 0 Å². The van der Waals surface area contributed by atoms with Crippen molar-refractivity contribution in [1.29, 1.82) is 0 Å². The van der Waals surface area contributed by atoms with Gasteiger partial charge in [0.25, 0.3) is 0 Å². The Bertz CT molecular complexity index is 458. The summed E-state index contributed by atoms with van der Waals surface area (Å²) in [6, 6.07) is 20.9. The first kappa shape index (κ1) is 16.9. The highest BCUT2D eigenvalue weighted by Crippen LogP contribution is 2.00. The Hall–Kier alpha value is -2.13. The van der Waals surface area contributed by atoms with Crippen LogP contribution >= 0.6 is 0 Å². The lowest BCUT2D eigenvalue weighted by molar-refractivity contribution is -0.140. The molecule has 0 bridgehead atoms. The molecule has 0 amide bonds. The van der Waals surface area contributed by atoms with E-state index < -0.39 is 0 Å². The molecule has 0 spiro atoms. The number of carbonyl (C=O) groups excluding carboxylic acids is 1. The third-order valence-corrected chi connectivity index (χ3v) is 2.69. The maximum Gasteiger partial charge on any atom is 0.302 e. The van der Waals surface area contributed by atoms with Gasteiger partial charge in [0.05, 0.1) is 6.61 Å². The van der Waals surface area contributed by atoms with Crippen LogP contribution in [0, 0.1) is 0 Å². The van der Waals surface area contributed by atoms with Crippen molar-refractivity contribution in [1.82, 2.24) is 5.32 Å². The summed E-state index contributed by atoms with van der Waals surface area (Å²) < 4.78 is 4.40. The molecule has 0 radical (unpaired) electrons. The third kappa shape index (κ3) is 8.60. The Morgan fingerprint density at radius 1 is 0.905 bits per heavy atom. The topological polar surface area (TPSA) is 38.3 Å². The van der Waals surface area contributed by atoms with Crippen molar-refractivity contribution in [3.8, 4) is 0 Å². The van der Waals surface area contributed by atoms with E-state index in [2.05, 4.69) is 58.6 Å². The molecule has 0 aliphatic rings. The minimum absolute atomic E-state index is 0.211. The molecule has 0 heterocycles. The van der Waals surface area contributed by atoms with Gasteiger partial charge in [-0.1, -0.05) is 60.7 Å². The quantitative estimate of drug-likeness (QED) is 0.854. The van der Waals surface area contributed by atoms with Gasteiger partial charge in [-0.3, -0.25) is 4.79 Å². The van der Waals surface area contributed by atoms with Crippen molar-refractivity contribution < 1.29 is 9.53 Å². The molecule has 3 nitrogen and oxygen atoms in total. The first-order valence-electron chi connectivity index (χ1n) is 7.14. The minimum Gasteiger partial charge on any atom is -0.466 e. The van der Waals surface area contributed by atoms with Gasteiger partial charge in [0.2, 0.25) is 0 Å². The van der Waals surface area contributed by atoms with E-state index in [0.29, 0.717) is 6.61 Å². The number of hydrogen-bond donors (Lipinski definition) is 1. The summed E-state index contributed by atoms with van der Waals surface area (Å²) in [5, 5.41) is 3.42. The Labute approximate surface area is 127 Å². The molecule has 0 aliphatic carbocycles. The average Bonchev–Trinajstić information content (AvgIpc) is 2.50. The molecule has 0 aliphatic heterocycles. The smallest absolute Gasteiger partial charge is 0.302 e. The zero-order valence-corrected chi connectivity index (χ0v) is 12.7. The number of nitrogens with one attached hydrogen (secondary N) is 1. The molecule has 2 rings (SSSR count). The minimum atomic E-state index is -0.211. The highest BCUT2D eigenvalue weighted by Gasteiger charge is 1.92. The number of rotatable bonds is 5. The zero-order valence-electron chi connectivity index (χ0n) is 12.7. The van der Waals surface area contributed by atoms with Crippen LogP contribution in [0.2, 0.25) is 0 Å². The number of ether oxygens (including phenoxy) is 1. The van der Waals surface area contributed by atoms with E-state index in [9.17, 15) is 4.79 Å². The average molecular weight is 285 g/mol. The summed E-state index contributed by atoms with van der Waals surface area (Å²) in [4.78, 5) is 9.82. The molecular formula is C18H23NO2. The van der Waals surface area contributed by atoms with Gasteiger partial charge in [-0.2, -0.15) is 0 Å². The van der Waals surface area contributed by atoms with Crippen molar-refractivity contribution in [3.05, 3.63) is 71.8 Å². The third-order valence-electron chi connectivity index (χ3n) is 2.69. The molecule has 2 aromatic carbocycles. The number of esters is 1. The van der Waals surface area contributed by atoms with E-state index in [1.54, 1.807) is 6.92 Å². The van der Waals surface area contributed by atoms with Crippen LogP contribution in [0.3, 0.4) is 0 Å². The Balaban J connectivity index is 0.000000315. The van der Waals surface area contributed by atoms with Crippen molar-refractivity contribution in [2.75, 3.05) is 6.61 Å². The van der Waals surface area contributed by atoms with Crippen LogP contribution in [0.1, 0.15) is 25.0 Å². The number of carbonyl (C=O) groups is 1. The fraction of sp³-hybridized carbons (Fsp3) is 0.278. The van der Waals surface area contributed by atoms with Gasteiger partial charge < -0.3 is 10.1 Å². The molecule has 21 heavy (non-hydrogen) atoms. The molecule has 0 aromatic heterocycles. The SMILES string of the molecule is CCOC(C)=O.c1ccc(CNCc2ccccc2)cc1. The maximum atomic E-state index is 9.82. The molecule has 3 heteroatoms. The van der Waals surface area contributed by atoms with Gasteiger partial charge in [-0.25, -0.2) is 0 Å². The highest BCUT2D eigenvalue weighted by molar-refractivity contribution is 5.65. The molecule has 0 fully saturated rings. The van der Waals surface area contributed by atoms with Crippen LogP contribution in [0.4, 0.5) is 0 Å². The first-order valence-corrected chi connectivity index (χ1v) is 7.14. The largest absolute Gasteiger partial charge is 0.466 e. The Morgan fingerprint density at radius 2 is 1.33 bits per heavy atom. The van der Waals surface area contributed by atoms with E-state index in [-0.39, 0.29) is 5.97 Å². The monoisotopic (exact) mass is 285 g/mol. The van der Waals surface area contributed by atoms with Gasteiger partial charge in [0, 0.05) is 20.0 Å². The summed E-state index contributed by atoms with van der Waals surface area (Å²) >= 11 is 0. The molecule has 2 aromatic rings. The summed E-state index contributed by atoms with van der Waals surface area (Å²) in [6.45, 7) is 5.51. The predicted molar refractivity (Wildman–Crippen MR) is 85.7 cm³/mol. The molecule has 0 saturated heterocycles. The predicted octanol–water partition coefficient (Wildman–Crippen LogP) is 3.55. The van der Waals surface area contributed by atoms with Crippen molar-refractivity contribution in [2.45, 2.75) is 26.9 Å². The number of benzene rings is 2. The van der Waals surface area contributed by atoms with Crippen LogP contribution in [0.5, 0.6) is 0 Å². The fourth-order valence-electron chi connectivity index (χ4n) is 1.75. The van der Waals surface area contributed by atoms with Crippen LogP contribution < -0.4 is 5.32 Å². The lowest BCUT2D eigenvalue weighted by Crippen LogP contribution is -2.12. The summed E-state index contributed by atoms with van der Waals surface area (Å²) in [5.41, 5.74) is 2.65. The zero-order chi connectivity index (χ0) is 15.3. The Morgan fingerprint density at radius 3 is 1.62 bits per heavy atom. The van der Waals surface area contributed by atoms with Crippen molar-refractivity contribution in [2.24, 2.45) is 0 Å². The number of hydrogen-bond acceptors (Lipinski definition) is 3. The van der Waals surface area contributed by atoms with Crippen LogP contribution in [-0.4, -0.2) is 12.6 Å². The molecule has 0 unspecified atom stereocenters. The van der Waals surface area contributed by atoms with Gasteiger partial charge in [0.15, 0.2) is 0 Å². The van der Waals surface area contributed by atoms with E-state index in [0.717, 1.165) is 13.1 Å². The van der Waals surface area contributed by atoms with Crippen molar-refractivity contribution >= 4 is 5.97 Å². The summed E-state index contributed by atoms with van der Waals surface area (Å²) in [6.07, 6.45) is 0. The fourth-order valence-corrected chi connectivity index (χ4v) is 1.75. The molecule has 1 N–H and O–H groups in total. The first-order chi connectivity index (χ1) is 10.2. The van der Waals surface area contributed by atoms with E-state index >= 15 is 0 Å². The second-order valence-electron chi connectivity index (χ2n) is 4.50. The maximum absolute atomic E-state index is 9.82. The van der Waals surface area contributed by atoms with Crippen LogP contribution in [-0.2, 0) is 22.6 Å². The molecule has 0 saturated carbocycles. The normalized spacial score (nSPS) is 9.43. The molecular weight excluding hydrogens is 262 g/mol. The van der Waals surface area contributed by atoms with Gasteiger partial charge in [-0.05, 0) is 18.1 Å². The summed E-state index contributed by atoms with van der Waals surface area (Å²) in [5.74, 6) is -0.211. The van der Waals surface area contributed by atoms with Crippen molar-refractivity contribution in [3.63, 3.8) is 0 Å². The van der Waals surface area contributed by atoms with Gasteiger partial charge >= 0.3 is 5.97 Å². The van der Waals surface area contributed by atoms with Crippen LogP contribution in [0.25, 0.3) is 0 Å². The molecule has 0 atom stereocenters. The summed E-state index contributed by atoms with van der Waals surface area (Å²) in [7, 11) is 0. The second-order valence-corrected chi connectivity index (χ2v) is 4.50. The molecule has 112 valence electrons. The standard InChI is InChI=1S/C14H15N.C4H8O2/c1-3-7-13(8-4-1)11-15-12-14-9-5-2-6-10-14;1-3-6-4(2)5/h1-10,15H,11-12H2;3H2,1-2H3. The van der Waals surface area contributed by atoms with E-state index in [1.165, 1.54) is 18.1 Å². The highest BCUT2D eigenvalue weighted by atomic mass is 16.5. The van der Waals surface area contributed by atoms with Gasteiger partial charge in [0.1, 0.15) is 0 Å². The van der Waals surface area contributed by atoms with Crippen LogP contribution in [0.15, 0.2) is 60.7 Å².